The monoisotopic (exact) mass is 239 g/mol. The summed E-state index contributed by atoms with van der Waals surface area (Å²) in [5, 5.41) is 5.48. The molecule has 1 fully saturated rings. The summed E-state index contributed by atoms with van der Waals surface area (Å²) >= 11 is 1.69. The zero-order valence-electron chi connectivity index (χ0n) is 10.1. The first-order valence-electron chi connectivity index (χ1n) is 6.11. The molecule has 0 bridgehead atoms. The number of hydrogen-bond donors (Lipinski definition) is 1. The van der Waals surface area contributed by atoms with Gasteiger partial charge in [0.2, 0.25) is 0 Å². The molecule has 16 heavy (non-hydrogen) atoms. The van der Waals surface area contributed by atoms with E-state index in [4.69, 9.17) is 0 Å². The molecule has 1 N–H and O–H groups in total. The van der Waals surface area contributed by atoms with Gasteiger partial charge in [0.25, 0.3) is 0 Å². The van der Waals surface area contributed by atoms with Gasteiger partial charge in [-0.15, -0.1) is 11.3 Å². The zero-order valence-corrected chi connectivity index (χ0v) is 11.0. The lowest BCUT2D eigenvalue weighted by Gasteiger charge is -2.39. The summed E-state index contributed by atoms with van der Waals surface area (Å²) in [4.78, 5) is 7.05. The number of rotatable bonds is 4. The van der Waals surface area contributed by atoms with Crippen molar-refractivity contribution in [1.82, 2.24) is 15.2 Å². The Kier molecular flexibility index (Phi) is 4.32. The van der Waals surface area contributed by atoms with Crippen LogP contribution in [0.5, 0.6) is 0 Å². The van der Waals surface area contributed by atoms with E-state index in [-0.39, 0.29) is 0 Å². The number of likely N-dealkylation sites (tertiary alicyclic amines) is 1. The Morgan fingerprint density at radius 2 is 2.50 bits per heavy atom. The lowest BCUT2D eigenvalue weighted by molar-refractivity contribution is 0.101. The number of piperidine rings is 1. The van der Waals surface area contributed by atoms with Crippen LogP contribution in [0.2, 0.25) is 0 Å². The SMILES string of the molecule is CNCC1CCCCN1C(C)c1cscn1. The molecule has 90 valence electrons. The van der Waals surface area contributed by atoms with Crippen LogP contribution in [0.15, 0.2) is 10.9 Å². The fraction of sp³-hybridized carbons (Fsp3) is 0.750. The normalized spacial score (nSPS) is 24.5. The van der Waals surface area contributed by atoms with Gasteiger partial charge in [0, 0.05) is 18.0 Å². The molecule has 4 heteroatoms. The average Bonchev–Trinajstić information content (AvgIpc) is 2.83. The highest BCUT2D eigenvalue weighted by Crippen LogP contribution is 2.27. The smallest absolute Gasteiger partial charge is 0.0795 e. The zero-order chi connectivity index (χ0) is 11.4. The van der Waals surface area contributed by atoms with Gasteiger partial charge in [-0.2, -0.15) is 0 Å². The van der Waals surface area contributed by atoms with Crippen LogP contribution in [0.25, 0.3) is 0 Å². The maximum Gasteiger partial charge on any atom is 0.0795 e. The Bertz CT molecular complexity index is 297. The van der Waals surface area contributed by atoms with Crippen molar-refractivity contribution in [1.29, 1.82) is 0 Å². The van der Waals surface area contributed by atoms with E-state index in [1.807, 2.05) is 12.6 Å². The second kappa shape index (κ2) is 5.75. The molecule has 2 unspecified atom stereocenters. The number of nitrogens with zero attached hydrogens (tertiary/aromatic N) is 2. The molecule has 0 aromatic carbocycles. The van der Waals surface area contributed by atoms with Crippen LogP contribution in [-0.2, 0) is 0 Å². The van der Waals surface area contributed by atoms with Gasteiger partial charge >= 0.3 is 0 Å². The minimum atomic E-state index is 0.463. The van der Waals surface area contributed by atoms with Crippen molar-refractivity contribution in [3.8, 4) is 0 Å². The van der Waals surface area contributed by atoms with Gasteiger partial charge in [0.05, 0.1) is 17.2 Å². The Labute approximate surface area is 102 Å². The second-order valence-corrected chi connectivity index (χ2v) is 5.25. The second-order valence-electron chi connectivity index (χ2n) is 4.53. The predicted octanol–water partition coefficient (Wildman–Crippen LogP) is 2.28. The fourth-order valence-electron chi connectivity index (χ4n) is 2.59. The van der Waals surface area contributed by atoms with Crippen LogP contribution < -0.4 is 5.32 Å². The lowest BCUT2D eigenvalue weighted by Crippen LogP contribution is -2.46. The standard InChI is InChI=1S/C12H21N3S/c1-10(12-8-16-9-14-12)15-6-4-3-5-11(15)7-13-2/h8-11,13H,3-7H2,1-2H3. The predicted molar refractivity (Wildman–Crippen MR) is 68.8 cm³/mol. The van der Waals surface area contributed by atoms with E-state index in [9.17, 15) is 0 Å². The number of aromatic nitrogens is 1. The van der Waals surface area contributed by atoms with Gasteiger partial charge in [0.15, 0.2) is 0 Å². The molecule has 2 heterocycles. The highest BCUT2D eigenvalue weighted by Gasteiger charge is 2.27. The van der Waals surface area contributed by atoms with Gasteiger partial charge in [-0.05, 0) is 33.4 Å². The number of thiazole rings is 1. The van der Waals surface area contributed by atoms with Crippen LogP contribution in [0, 0.1) is 0 Å². The lowest BCUT2D eigenvalue weighted by atomic mass is 9.99. The molecule has 0 radical (unpaired) electrons. The molecular weight excluding hydrogens is 218 g/mol. The molecule has 0 amide bonds. The molecule has 0 spiro atoms. The molecule has 3 nitrogen and oxygen atoms in total. The Hall–Kier alpha value is -0.450. The van der Waals surface area contributed by atoms with Crippen molar-refractivity contribution >= 4 is 11.3 Å². The van der Waals surface area contributed by atoms with Gasteiger partial charge in [-0.25, -0.2) is 4.98 Å². The summed E-state index contributed by atoms with van der Waals surface area (Å²) in [6.07, 6.45) is 4.01. The molecule has 1 aliphatic rings. The first-order chi connectivity index (χ1) is 7.83. The summed E-state index contributed by atoms with van der Waals surface area (Å²) in [6.45, 7) is 4.59. The average molecular weight is 239 g/mol. The molecular formula is C12H21N3S. The third-order valence-corrected chi connectivity index (χ3v) is 4.09. The summed E-state index contributed by atoms with van der Waals surface area (Å²) < 4.78 is 0. The number of nitrogens with one attached hydrogen (secondary N) is 1. The van der Waals surface area contributed by atoms with Crippen LogP contribution in [0.3, 0.4) is 0 Å². The Balaban J connectivity index is 2.04. The minimum absolute atomic E-state index is 0.463. The third kappa shape index (κ3) is 2.62. The molecule has 1 aliphatic heterocycles. The Morgan fingerprint density at radius 1 is 1.62 bits per heavy atom. The van der Waals surface area contributed by atoms with Crippen molar-refractivity contribution < 1.29 is 0 Å². The van der Waals surface area contributed by atoms with E-state index in [2.05, 4.69) is 27.5 Å². The van der Waals surface area contributed by atoms with Crippen LogP contribution >= 0.6 is 11.3 Å². The third-order valence-electron chi connectivity index (χ3n) is 3.49. The fourth-order valence-corrected chi connectivity index (χ4v) is 3.23. The largest absolute Gasteiger partial charge is 0.318 e. The van der Waals surface area contributed by atoms with E-state index < -0.39 is 0 Å². The maximum atomic E-state index is 4.44. The number of hydrogen-bond acceptors (Lipinski definition) is 4. The summed E-state index contributed by atoms with van der Waals surface area (Å²) in [5.41, 5.74) is 3.16. The van der Waals surface area contributed by atoms with Crippen molar-refractivity contribution in [2.75, 3.05) is 20.1 Å². The maximum absolute atomic E-state index is 4.44. The van der Waals surface area contributed by atoms with Crippen molar-refractivity contribution in [2.45, 2.75) is 38.3 Å². The van der Waals surface area contributed by atoms with Gasteiger partial charge in [-0.1, -0.05) is 6.42 Å². The molecule has 2 rings (SSSR count). The van der Waals surface area contributed by atoms with Crippen LogP contribution in [-0.4, -0.2) is 36.1 Å². The van der Waals surface area contributed by atoms with E-state index in [0.29, 0.717) is 12.1 Å². The summed E-state index contributed by atoms with van der Waals surface area (Å²) in [6, 6.07) is 1.14. The molecule has 1 aromatic rings. The van der Waals surface area contributed by atoms with E-state index in [1.54, 1.807) is 11.3 Å². The summed E-state index contributed by atoms with van der Waals surface area (Å²) in [7, 11) is 2.04. The van der Waals surface area contributed by atoms with Crippen molar-refractivity contribution in [3.63, 3.8) is 0 Å². The topological polar surface area (TPSA) is 28.2 Å². The van der Waals surface area contributed by atoms with E-state index in [0.717, 1.165) is 6.54 Å². The number of likely N-dealkylation sites (N-methyl/N-ethyl adjacent to an activating group) is 1. The van der Waals surface area contributed by atoms with Crippen LogP contribution in [0.1, 0.15) is 37.9 Å². The summed E-state index contributed by atoms with van der Waals surface area (Å²) in [5.74, 6) is 0. The highest BCUT2D eigenvalue weighted by molar-refractivity contribution is 7.07. The minimum Gasteiger partial charge on any atom is -0.318 e. The van der Waals surface area contributed by atoms with Gasteiger partial charge < -0.3 is 5.32 Å². The highest BCUT2D eigenvalue weighted by atomic mass is 32.1. The molecule has 0 aliphatic carbocycles. The van der Waals surface area contributed by atoms with E-state index >= 15 is 0 Å². The molecule has 1 aromatic heterocycles. The first-order valence-corrected chi connectivity index (χ1v) is 7.05. The van der Waals surface area contributed by atoms with Gasteiger partial charge in [0.1, 0.15) is 0 Å². The van der Waals surface area contributed by atoms with Crippen LogP contribution in [0.4, 0.5) is 0 Å². The molecule has 0 saturated carbocycles. The van der Waals surface area contributed by atoms with Crippen molar-refractivity contribution in [3.05, 3.63) is 16.6 Å². The quantitative estimate of drug-likeness (QED) is 0.873. The first kappa shape index (κ1) is 12.0. The molecule has 1 saturated heterocycles. The van der Waals surface area contributed by atoms with Crippen molar-refractivity contribution in [2.24, 2.45) is 0 Å². The van der Waals surface area contributed by atoms with E-state index in [1.165, 1.54) is 31.5 Å². The van der Waals surface area contributed by atoms with Gasteiger partial charge in [-0.3, -0.25) is 4.90 Å². The Morgan fingerprint density at radius 3 is 3.19 bits per heavy atom. The molecule has 2 atom stereocenters.